The van der Waals surface area contributed by atoms with Crippen LogP contribution in [0.4, 0.5) is 16.5 Å². The lowest BCUT2D eigenvalue weighted by molar-refractivity contribution is 1.37. The minimum atomic E-state index is 0.753. The summed E-state index contributed by atoms with van der Waals surface area (Å²) >= 11 is 1.63. The Bertz CT molecular complexity index is 436. The van der Waals surface area contributed by atoms with Crippen molar-refractivity contribution in [1.82, 2.24) is 4.98 Å². The quantitative estimate of drug-likeness (QED) is 0.741. The third-order valence-electron chi connectivity index (χ3n) is 1.76. The number of anilines is 3. The van der Waals surface area contributed by atoms with Gasteiger partial charge in [-0.25, -0.2) is 4.98 Å². The first-order valence-electron chi connectivity index (χ1n) is 4.29. The lowest BCUT2D eigenvalue weighted by Gasteiger charge is -2.02. The van der Waals surface area contributed by atoms with Crippen LogP contribution in [0.1, 0.15) is 4.88 Å². The van der Waals surface area contributed by atoms with Crippen LogP contribution in [0.2, 0.25) is 0 Å². The van der Waals surface area contributed by atoms with E-state index in [1.807, 2.05) is 37.4 Å². The van der Waals surface area contributed by atoms with Crippen LogP contribution in [-0.4, -0.2) is 4.98 Å². The Balaban J connectivity index is 2.18. The number of benzene rings is 1. The van der Waals surface area contributed by atoms with Crippen LogP contribution in [0, 0.1) is 6.92 Å². The van der Waals surface area contributed by atoms with Gasteiger partial charge in [0.15, 0.2) is 5.13 Å². The second kappa shape index (κ2) is 3.67. The molecule has 0 bridgehead atoms. The van der Waals surface area contributed by atoms with Gasteiger partial charge >= 0.3 is 0 Å². The highest BCUT2D eigenvalue weighted by Gasteiger charge is 1.98. The molecular formula is C10H11N3S. The minimum Gasteiger partial charge on any atom is -0.399 e. The van der Waals surface area contributed by atoms with E-state index in [9.17, 15) is 0 Å². The number of aryl methyl sites for hydroxylation is 1. The summed E-state index contributed by atoms with van der Waals surface area (Å²) in [6.45, 7) is 2.03. The van der Waals surface area contributed by atoms with Crippen molar-refractivity contribution in [3.63, 3.8) is 0 Å². The molecule has 0 radical (unpaired) electrons. The first-order chi connectivity index (χ1) is 6.74. The van der Waals surface area contributed by atoms with Crippen LogP contribution in [0.25, 0.3) is 0 Å². The van der Waals surface area contributed by atoms with Crippen molar-refractivity contribution in [2.45, 2.75) is 6.92 Å². The van der Waals surface area contributed by atoms with Gasteiger partial charge in [0.05, 0.1) is 0 Å². The lowest BCUT2D eigenvalue weighted by atomic mass is 10.3. The highest BCUT2D eigenvalue weighted by molar-refractivity contribution is 7.15. The molecule has 0 spiro atoms. The number of thiazole rings is 1. The zero-order chi connectivity index (χ0) is 9.97. The Morgan fingerprint density at radius 1 is 1.43 bits per heavy atom. The van der Waals surface area contributed by atoms with Gasteiger partial charge in [0.1, 0.15) is 0 Å². The van der Waals surface area contributed by atoms with E-state index in [4.69, 9.17) is 5.73 Å². The molecule has 0 saturated heterocycles. The number of nitrogens with two attached hydrogens (primary N) is 1. The molecule has 0 amide bonds. The molecule has 2 rings (SSSR count). The summed E-state index contributed by atoms with van der Waals surface area (Å²) in [5.41, 5.74) is 7.39. The summed E-state index contributed by atoms with van der Waals surface area (Å²) in [4.78, 5) is 5.40. The predicted octanol–water partition coefficient (Wildman–Crippen LogP) is 2.78. The third-order valence-corrected chi connectivity index (χ3v) is 2.59. The molecule has 0 atom stereocenters. The summed E-state index contributed by atoms with van der Waals surface area (Å²) < 4.78 is 0. The van der Waals surface area contributed by atoms with Crippen LogP contribution in [0.3, 0.4) is 0 Å². The van der Waals surface area contributed by atoms with Crippen LogP contribution < -0.4 is 11.1 Å². The van der Waals surface area contributed by atoms with E-state index in [2.05, 4.69) is 10.3 Å². The molecule has 72 valence electrons. The van der Waals surface area contributed by atoms with Crippen molar-refractivity contribution in [3.05, 3.63) is 35.3 Å². The monoisotopic (exact) mass is 205 g/mol. The molecule has 0 fully saturated rings. The maximum Gasteiger partial charge on any atom is 0.187 e. The number of nitrogens with zero attached hydrogens (tertiary/aromatic N) is 1. The van der Waals surface area contributed by atoms with Gasteiger partial charge in [0.25, 0.3) is 0 Å². The van der Waals surface area contributed by atoms with Gasteiger partial charge in [-0.15, -0.1) is 11.3 Å². The van der Waals surface area contributed by atoms with E-state index in [0.717, 1.165) is 16.5 Å². The van der Waals surface area contributed by atoms with E-state index in [1.165, 1.54) is 4.88 Å². The molecule has 4 heteroatoms. The highest BCUT2D eigenvalue weighted by atomic mass is 32.1. The molecule has 0 aliphatic carbocycles. The standard InChI is InChI=1S/C10H11N3S/c1-7-6-12-10(14-7)13-9-4-2-3-8(11)5-9/h2-6H,11H2,1H3,(H,12,13). The molecule has 1 aromatic carbocycles. The summed E-state index contributed by atoms with van der Waals surface area (Å²) in [5, 5.41) is 4.09. The van der Waals surface area contributed by atoms with Gasteiger partial charge in [0, 0.05) is 22.4 Å². The number of aromatic nitrogens is 1. The van der Waals surface area contributed by atoms with Crippen LogP contribution in [0.15, 0.2) is 30.5 Å². The minimum absolute atomic E-state index is 0.753. The second-order valence-corrected chi connectivity index (χ2v) is 4.26. The van der Waals surface area contributed by atoms with Crippen molar-refractivity contribution < 1.29 is 0 Å². The molecule has 3 N–H and O–H groups in total. The highest BCUT2D eigenvalue weighted by Crippen LogP contribution is 2.22. The smallest absolute Gasteiger partial charge is 0.187 e. The summed E-state index contributed by atoms with van der Waals surface area (Å²) in [6, 6.07) is 7.63. The van der Waals surface area contributed by atoms with Gasteiger partial charge in [0.2, 0.25) is 0 Å². The number of hydrogen-bond donors (Lipinski definition) is 2. The van der Waals surface area contributed by atoms with Crippen LogP contribution in [-0.2, 0) is 0 Å². The SMILES string of the molecule is Cc1cnc(Nc2cccc(N)c2)s1. The molecule has 1 heterocycles. The molecule has 2 aromatic rings. The number of rotatable bonds is 2. The summed E-state index contributed by atoms with van der Waals surface area (Å²) in [6.07, 6.45) is 1.85. The number of nitrogen functional groups attached to an aromatic ring is 1. The van der Waals surface area contributed by atoms with E-state index >= 15 is 0 Å². The van der Waals surface area contributed by atoms with E-state index in [1.54, 1.807) is 11.3 Å². The fraction of sp³-hybridized carbons (Fsp3) is 0.100. The Labute approximate surface area is 86.6 Å². The van der Waals surface area contributed by atoms with Crippen molar-refractivity contribution >= 4 is 27.8 Å². The maximum absolute atomic E-state index is 5.66. The van der Waals surface area contributed by atoms with Gasteiger partial charge in [-0.05, 0) is 25.1 Å². The number of nitrogens with one attached hydrogen (secondary N) is 1. The largest absolute Gasteiger partial charge is 0.399 e. The second-order valence-electron chi connectivity index (χ2n) is 3.03. The third kappa shape index (κ3) is 2.03. The molecule has 14 heavy (non-hydrogen) atoms. The average molecular weight is 205 g/mol. The van der Waals surface area contributed by atoms with Crippen molar-refractivity contribution in [3.8, 4) is 0 Å². The van der Waals surface area contributed by atoms with E-state index in [0.29, 0.717) is 0 Å². The fourth-order valence-corrected chi connectivity index (χ4v) is 1.84. The Morgan fingerprint density at radius 3 is 2.93 bits per heavy atom. The van der Waals surface area contributed by atoms with Crippen molar-refractivity contribution in [1.29, 1.82) is 0 Å². The molecule has 0 aliphatic heterocycles. The normalized spacial score (nSPS) is 10.1. The fourth-order valence-electron chi connectivity index (χ4n) is 1.15. The zero-order valence-electron chi connectivity index (χ0n) is 7.82. The molecule has 0 saturated carbocycles. The van der Waals surface area contributed by atoms with E-state index in [-0.39, 0.29) is 0 Å². The molecule has 0 aliphatic rings. The molecule has 3 nitrogen and oxygen atoms in total. The predicted molar refractivity (Wildman–Crippen MR) is 61.0 cm³/mol. The Hall–Kier alpha value is -1.55. The Kier molecular flexibility index (Phi) is 2.37. The zero-order valence-corrected chi connectivity index (χ0v) is 8.64. The van der Waals surface area contributed by atoms with Crippen molar-refractivity contribution in [2.75, 3.05) is 11.1 Å². The van der Waals surface area contributed by atoms with E-state index < -0.39 is 0 Å². The molecule has 1 aromatic heterocycles. The number of hydrogen-bond acceptors (Lipinski definition) is 4. The maximum atomic E-state index is 5.66. The van der Waals surface area contributed by atoms with Gasteiger partial charge in [-0.3, -0.25) is 0 Å². The Morgan fingerprint density at radius 2 is 2.29 bits per heavy atom. The van der Waals surface area contributed by atoms with Crippen LogP contribution >= 0.6 is 11.3 Å². The van der Waals surface area contributed by atoms with Crippen molar-refractivity contribution in [2.24, 2.45) is 0 Å². The molecule has 0 unspecified atom stereocenters. The average Bonchev–Trinajstić information content (AvgIpc) is 2.51. The van der Waals surface area contributed by atoms with Gasteiger partial charge in [-0.1, -0.05) is 6.07 Å². The van der Waals surface area contributed by atoms with Gasteiger partial charge in [-0.2, -0.15) is 0 Å². The lowest BCUT2D eigenvalue weighted by Crippen LogP contribution is -1.90. The summed E-state index contributed by atoms with van der Waals surface area (Å²) in [5.74, 6) is 0. The first-order valence-corrected chi connectivity index (χ1v) is 5.11. The summed E-state index contributed by atoms with van der Waals surface area (Å²) in [7, 11) is 0. The molecular weight excluding hydrogens is 194 g/mol. The first kappa shape index (κ1) is 9.02. The van der Waals surface area contributed by atoms with Gasteiger partial charge < -0.3 is 11.1 Å². The topological polar surface area (TPSA) is 50.9 Å². The van der Waals surface area contributed by atoms with Crippen LogP contribution in [0.5, 0.6) is 0 Å².